The van der Waals surface area contributed by atoms with E-state index in [1.54, 1.807) is 19.9 Å². The maximum atomic E-state index is 12.0. The van der Waals surface area contributed by atoms with Gasteiger partial charge < -0.3 is 19.3 Å². The van der Waals surface area contributed by atoms with Crippen molar-refractivity contribution in [1.29, 1.82) is 0 Å². The number of benzene rings is 1. The van der Waals surface area contributed by atoms with E-state index in [1.165, 1.54) is 6.08 Å². The highest BCUT2D eigenvalue weighted by molar-refractivity contribution is 5.83. The summed E-state index contributed by atoms with van der Waals surface area (Å²) in [5.41, 5.74) is 1.84. The molecule has 1 fully saturated rings. The van der Waals surface area contributed by atoms with E-state index in [4.69, 9.17) is 14.2 Å². The van der Waals surface area contributed by atoms with E-state index in [0.29, 0.717) is 24.0 Å². The standard InChI is InChI=1S/C32H40O5/c1-6-7-8-9-10-26-20-23(2)11-17-29(26)30(18-16-28-21-31(34)37-32(4,5)36-28)35-27-14-12-25(13-15-27)19-24(3)22-33/h6-10,12-16,18,21,23,26,29-30,33H,1,3,11,17,19-20,22H2,2,4-5H3/b8-7+,10-9+,18-16+/t23-,26-,29-,30-/m1/s1. The topological polar surface area (TPSA) is 65.0 Å². The van der Waals surface area contributed by atoms with Crippen molar-refractivity contribution in [2.75, 3.05) is 6.61 Å². The molecule has 1 heterocycles. The zero-order valence-corrected chi connectivity index (χ0v) is 22.3. The molecule has 1 aromatic rings. The fourth-order valence-corrected chi connectivity index (χ4v) is 4.88. The van der Waals surface area contributed by atoms with E-state index < -0.39 is 11.8 Å². The van der Waals surface area contributed by atoms with Crippen LogP contribution in [0.25, 0.3) is 0 Å². The molecule has 0 amide bonds. The fraction of sp³-hybridized carbons (Fsp3) is 0.406. The van der Waals surface area contributed by atoms with Crippen molar-refractivity contribution >= 4 is 5.97 Å². The third-order valence-electron chi connectivity index (χ3n) is 6.65. The summed E-state index contributed by atoms with van der Waals surface area (Å²) in [6.45, 7) is 13.3. The first-order chi connectivity index (χ1) is 17.7. The molecule has 3 rings (SSSR count). The highest BCUT2D eigenvalue weighted by Crippen LogP contribution is 2.39. The second kappa shape index (κ2) is 13.3. The first kappa shape index (κ1) is 28.3. The molecule has 198 valence electrons. The Labute approximate surface area is 221 Å². The van der Waals surface area contributed by atoms with Crippen LogP contribution in [0.4, 0.5) is 0 Å². The number of cyclic esters (lactones) is 1. The smallest absolute Gasteiger partial charge is 0.337 e. The largest absolute Gasteiger partial charge is 0.486 e. The highest BCUT2D eigenvalue weighted by Gasteiger charge is 2.34. The second-order valence-corrected chi connectivity index (χ2v) is 10.4. The van der Waals surface area contributed by atoms with Gasteiger partial charge in [0.25, 0.3) is 0 Å². The normalized spacial score (nSPS) is 24.5. The van der Waals surface area contributed by atoms with Crippen molar-refractivity contribution in [3.05, 3.63) is 103 Å². The molecule has 1 N–H and O–H groups in total. The van der Waals surface area contributed by atoms with Crippen LogP contribution in [0.2, 0.25) is 0 Å². The Hall–Kier alpha value is -3.31. The van der Waals surface area contributed by atoms with E-state index >= 15 is 0 Å². The Kier molecular flexibility index (Phi) is 10.2. The van der Waals surface area contributed by atoms with Crippen molar-refractivity contribution in [3.63, 3.8) is 0 Å². The Morgan fingerprint density at radius 2 is 1.95 bits per heavy atom. The SMILES string of the molecule is C=C/C=C/C=C/[C@@H]1C[C@H](C)CC[C@H]1[C@@H](/C=C/C1=CC(=O)OC(C)(C)O1)Oc1ccc(CC(=C)CO)cc1. The molecule has 1 aliphatic carbocycles. The first-order valence-corrected chi connectivity index (χ1v) is 13.0. The van der Waals surface area contributed by atoms with Gasteiger partial charge >= 0.3 is 5.97 Å². The minimum absolute atomic E-state index is 0.0234. The monoisotopic (exact) mass is 504 g/mol. The third kappa shape index (κ3) is 8.94. The van der Waals surface area contributed by atoms with Crippen LogP contribution >= 0.6 is 0 Å². The van der Waals surface area contributed by atoms with Gasteiger partial charge in [0.05, 0.1) is 12.7 Å². The zero-order chi connectivity index (χ0) is 26.8. The quantitative estimate of drug-likeness (QED) is 0.208. The molecule has 37 heavy (non-hydrogen) atoms. The van der Waals surface area contributed by atoms with Gasteiger partial charge in [-0.25, -0.2) is 4.79 Å². The molecule has 5 nitrogen and oxygen atoms in total. The molecule has 0 aromatic heterocycles. The minimum atomic E-state index is -1.01. The van der Waals surface area contributed by atoms with Crippen molar-refractivity contribution in [1.82, 2.24) is 0 Å². The highest BCUT2D eigenvalue weighted by atomic mass is 16.7. The molecular formula is C32H40O5. The van der Waals surface area contributed by atoms with E-state index in [0.717, 1.165) is 36.1 Å². The Morgan fingerprint density at radius 1 is 1.19 bits per heavy atom. The van der Waals surface area contributed by atoms with Crippen LogP contribution in [-0.2, 0) is 20.7 Å². The number of carbonyl (C=O) groups excluding carboxylic acids is 1. The molecule has 1 aliphatic heterocycles. The summed E-state index contributed by atoms with van der Waals surface area (Å²) >= 11 is 0. The van der Waals surface area contributed by atoms with Crippen molar-refractivity contribution in [3.8, 4) is 5.75 Å². The first-order valence-electron chi connectivity index (χ1n) is 13.0. The lowest BCUT2D eigenvalue weighted by Gasteiger charge is -2.37. The van der Waals surface area contributed by atoms with Gasteiger partial charge in [-0.1, -0.05) is 69.0 Å². The maximum Gasteiger partial charge on any atom is 0.337 e. The molecule has 1 saturated carbocycles. The van der Waals surface area contributed by atoms with Crippen molar-refractivity contribution < 1.29 is 24.1 Å². The average Bonchev–Trinajstić information content (AvgIpc) is 2.84. The second-order valence-electron chi connectivity index (χ2n) is 10.4. The molecular weight excluding hydrogens is 464 g/mol. The van der Waals surface area contributed by atoms with Crippen LogP contribution in [-0.4, -0.2) is 29.6 Å². The van der Waals surface area contributed by atoms with E-state index in [9.17, 15) is 9.90 Å². The van der Waals surface area contributed by atoms with Crippen LogP contribution < -0.4 is 4.74 Å². The van der Waals surface area contributed by atoms with E-state index in [2.05, 4.69) is 32.2 Å². The van der Waals surface area contributed by atoms with Crippen LogP contribution in [0.15, 0.2) is 97.4 Å². The summed E-state index contributed by atoms with van der Waals surface area (Å²) in [7, 11) is 0. The minimum Gasteiger partial charge on any atom is -0.486 e. The molecule has 0 bridgehead atoms. The van der Waals surface area contributed by atoms with Gasteiger partial charge in [-0.2, -0.15) is 0 Å². The van der Waals surface area contributed by atoms with Gasteiger partial charge in [0.1, 0.15) is 17.6 Å². The molecule has 0 radical (unpaired) electrons. The van der Waals surface area contributed by atoms with Crippen LogP contribution in [0, 0.1) is 17.8 Å². The summed E-state index contributed by atoms with van der Waals surface area (Å²) in [6, 6.07) is 7.92. The summed E-state index contributed by atoms with van der Waals surface area (Å²) in [5, 5.41) is 9.27. The number of rotatable bonds is 11. The van der Waals surface area contributed by atoms with Crippen molar-refractivity contribution in [2.24, 2.45) is 17.8 Å². The number of ether oxygens (including phenoxy) is 3. The maximum absolute atomic E-state index is 12.0. The van der Waals surface area contributed by atoms with Gasteiger partial charge in [-0.3, -0.25) is 0 Å². The molecule has 2 aliphatic rings. The van der Waals surface area contributed by atoms with Gasteiger partial charge in [0, 0.05) is 19.8 Å². The summed E-state index contributed by atoms with van der Waals surface area (Å²) in [4.78, 5) is 12.0. The molecule has 0 saturated heterocycles. The number of hydrogen-bond acceptors (Lipinski definition) is 5. The Bertz CT molecular complexity index is 1060. The van der Waals surface area contributed by atoms with Gasteiger partial charge in [-0.15, -0.1) is 0 Å². The summed E-state index contributed by atoms with van der Waals surface area (Å²) < 4.78 is 17.6. The number of hydrogen-bond donors (Lipinski definition) is 1. The lowest BCUT2D eigenvalue weighted by Crippen LogP contribution is -2.35. The predicted molar refractivity (Wildman–Crippen MR) is 148 cm³/mol. The van der Waals surface area contributed by atoms with E-state index in [-0.39, 0.29) is 18.6 Å². The number of carbonyl (C=O) groups is 1. The Balaban J connectivity index is 1.87. The van der Waals surface area contributed by atoms with Gasteiger partial charge in [0.2, 0.25) is 5.79 Å². The average molecular weight is 505 g/mol. The number of allylic oxidation sites excluding steroid dienone is 6. The number of aliphatic hydroxyl groups is 1. The molecule has 5 heteroatoms. The summed E-state index contributed by atoms with van der Waals surface area (Å²) in [6.07, 6.45) is 18.9. The number of esters is 1. The molecule has 1 aromatic carbocycles. The molecule has 4 atom stereocenters. The van der Waals surface area contributed by atoms with Crippen LogP contribution in [0.1, 0.15) is 45.6 Å². The lowest BCUT2D eigenvalue weighted by atomic mass is 9.72. The fourth-order valence-electron chi connectivity index (χ4n) is 4.88. The predicted octanol–water partition coefficient (Wildman–Crippen LogP) is 6.63. The number of aliphatic hydroxyl groups excluding tert-OH is 1. The zero-order valence-electron chi connectivity index (χ0n) is 22.3. The molecule has 0 spiro atoms. The Morgan fingerprint density at radius 3 is 2.62 bits per heavy atom. The van der Waals surface area contributed by atoms with Gasteiger partial charge in [0.15, 0.2) is 0 Å². The lowest BCUT2D eigenvalue weighted by molar-refractivity contribution is -0.203. The van der Waals surface area contributed by atoms with Crippen LogP contribution in [0.3, 0.4) is 0 Å². The van der Waals surface area contributed by atoms with Gasteiger partial charge in [-0.05, 0) is 66.5 Å². The van der Waals surface area contributed by atoms with E-state index in [1.807, 2.05) is 48.6 Å². The molecule has 0 unspecified atom stereocenters. The van der Waals surface area contributed by atoms with Crippen LogP contribution in [0.5, 0.6) is 5.75 Å². The third-order valence-corrected chi connectivity index (χ3v) is 6.65. The van der Waals surface area contributed by atoms with Crippen molar-refractivity contribution in [2.45, 2.75) is 58.3 Å². The summed E-state index contributed by atoms with van der Waals surface area (Å²) in [5.74, 6) is 1.00.